The molecule has 1 fully saturated rings. The van der Waals surface area contributed by atoms with Crippen molar-refractivity contribution in [2.24, 2.45) is 5.92 Å². The predicted octanol–water partition coefficient (Wildman–Crippen LogP) is 2.49. The molecule has 160 valence electrons. The van der Waals surface area contributed by atoms with Crippen molar-refractivity contribution < 1.29 is 14.3 Å². The van der Waals surface area contributed by atoms with E-state index in [1.54, 1.807) is 42.7 Å². The molecule has 1 aliphatic rings. The van der Waals surface area contributed by atoms with Crippen LogP contribution < -0.4 is 15.5 Å². The quantitative estimate of drug-likeness (QED) is 0.616. The number of aromatic nitrogens is 2. The summed E-state index contributed by atoms with van der Waals surface area (Å²) in [4.78, 5) is 35.7. The van der Waals surface area contributed by atoms with Gasteiger partial charge in [-0.2, -0.15) is 0 Å². The summed E-state index contributed by atoms with van der Waals surface area (Å²) >= 11 is 0. The van der Waals surface area contributed by atoms with E-state index >= 15 is 0 Å². The number of carbonyl (C=O) groups excluding carboxylic acids is 2. The lowest BCUT2D eigenvalue weighted by Crippen LogP contribution is -2.41. The van der Waals surface area contributed by atoms with Gasteiger partial charge in [0.25, 0.3) is 5.91 Å². The number of piperidine rings is 1. The summed E-state index contributed by atoms with van der Waals surface area (Å²) in [6.45, 7) is 5.21. The van der Waals surface area contributed by atoms with Crippen molar-refractivity contribution in [3.05, 3.63) is 48.3 Å². The maximum Gasteiger partial charge on any atom is 0.251 e. The minimum absolute atomic E-state index is 0.0510. The van der Waals surface area contributed by atoms with Crippen LogP contribution in [0, 0.1) is 5.92 Å². The monoisotopic (exact) mass is 411 g/mol. The lowest BCUT2D eigenvalue weighted by atomic mass is 9.97. The first-order valence-electron chi connectivity index (χ1n) is 10.5. The Balaban J connectivity index is 1.53. The van der Waals surface area contributed by atoms with Gasteiger partial charge in [0.05, 0.1) is 5.92 Å². The lowest BCUT2D eigenvalue weighted by Gasteiger charge is -2.31. The number of ether oxygens (including phenoxy) is 1. The third-order valence-electron chi connectivity index (χ3n) is 4.97. The fourth-order valence-electron chi connectivity index (χ4n) is 3.43. The van der Waals surface area contributed by atoms with E-state index in [-0.39, 0.29) is 17.7 Å². The van der Waals surface area contributed by atoms with E-state index in [0.29, 0.717) is 43.5 Å². The molecule has 0 spiro atoms. The summed E-state index contributed by atoms with van der Waals surface area (Å²) in [5, 5.41) is 5.83. The summed E-state index contributed by atoms with van der Waals surface area (Å²) in [5.41, 5.74) is 1.14. The Morgan fingerprint density at radius 3 is 2.87 bits per heavy atom. The average Bonchev–Trinajstić information content (AvgIpc) is 2.79. The number of hydrogen-bond acceptors (Lipinski definition) is 6. The molecular formula is C22H29N5O3. The van der Waals surface area contributed by atoms with Crippen molar-refractivity contribution in [3.63, 3.8) is 0 Å². The van der Waals surface area contributed by atoms with Crippen LogP contribution in [0.5, 0.6) is 0 Å². The Morgan fingerprint density at radius 1 is 1.23 bits per heavy atom. The molecular weight excluding hydrogens is 382 g/mol. The second-order valence-corrected chi connectivity index (χ2v) is 7.21. The highest BCUT2D eigenvalue weighted by Crippen LogP contribution is 2.22. The molecule has 0 bridgehead atoms. The van der Waals surface area contributed by atoms with E-state index in [0.717, 1.165) is 25.8 Å². The second-order valence-electron chi connectivity index (χ2n) is 7.21. The lowest BCUT2D eigenvalue weighted by molar-refractivity contribution is -0.120. The molecule has 2 aromatic rings. The summed E-state index contributed by atoms with van der Waals surface area (Å²) < 4.78 is 5.27. The number of nitrogens with one attached hydrogen (secondary N) is 2. The fourth-order valence-corrected chi connectivity index (χ4v) is 3.43. The highest BCUT2D eigenvalue weighted by Gasteiger charge is 2.27. The number of hydrogen-bond donors (Lipinski definition) is 2. The smallest absolute Gasteiger partial charge is 0.251 e. The van der Waals surface area contributed by atoms with Gasteiger partial charge in [0.15, 0.2) is 0 Å². The molecule has 2 heterocycles. The minimum Gasteiger partial charge on any atom is -0.382 e. The third kappa shape index (κ3) is 6.25. The molecule has 30 heavy (non-hydrogen) atoms. The van der Waals surface area contributed by atoms with Crippen LogP contribution in [0.25, 0.3) is 0 Å². The molecule has 0 aliphatic carbocycles. The van der Waals surface area contributed by atoms with Crippen LogP contribution in [0.3, 0.4) is 0 Å². The Labute approximate surface area is 177 Å². The van der Waals surface area contributed by atoms with Gasteiger partial charge in [-0.15, -0.1) is 0 Å². The zero-order valence-electron chi connectivity index (χ0n) is 17.3. The molecule has 2 N–H and O–H groups in total. The van der Waals surface area contributed by atoms with Gasteiger partial charge < -0.3 is 20.3 Å². The highest BCUT2D eigenvalue weighted by molar-refractivity contribution is 5.97. The molecule has 1 saturated heterocycles. The molecule has 1 aromatic heterocycles. The number of nitrogens with zero attached hydrogens (tertiary/aromatic N) is 3. The zero-order chi connectivity index (χ0) is 21.2. The standard InChI is InChI=1S/C22H29N5O3/c1-2-30-14-6-12-23-20(28)17-7-3-9-19(15-17)26-21(29)18-8-4-13-27(16-18)22-24-10-5-11-25-22/h3,5,7,9-11,15,18H,2,4,6,8,12-14,16H2,1H3,(H,23,28)(H,26,29). The summed E-state index contributed by atoms with van der Waals surface area (Å²) in [7, 11) is 0. The van der Waals surface area contributed by atoms with Crippen LogP contribution in [-0.2, 0) is 9.53 Å². The normalized spacial score (nSPS) is 16.2. The Hall–Kier alpha value is -3.00. The molecule has 1 unspecified atom stereocenters. The first-order valence-corrected chi connectivity index (χ1v) is 10.5. The molecule has 8 nitrogen and oxygen atoms in total. The first kappa shape index (κ1) is 21.7. The number of anilines is 2. The van der Waals surface area contributed by atoms with Gasteiger partial charge in [-0.3, -0.25) is 9.59 Å². The topological polar surface area (TPSA) is 96.5 Å². The Morgan fingerprint density at radius 2 is 2.07 bits per heavy atom. The van der Waals surface area contributed by atoms with Crippen LogP contribution in [0.2, 0.25) is 0 Å². The number of amides is 2. The van der Waals surface area contributed by atoms with E-state index in [1.807, 2.05) is 11.8 Å². The van der Waals surface area contributed by atoms with Crippen molar-refractivity contribution >= 4 is 23.5 Å². The molecule has 2 amide bonds. The van der Waals surface area contributed by atoms with Gasteiger partial charge in [0.1, 0.15) is 0 Å². The fraction of sp³-hybridized carbons (Fsp3) is 0.455. The Kier molecular flexibility index (Phi) is 8.14. The number of rotatable bonds is 9. The van der Waals surface area contributed by atoms with Crippen LogP contribution in [0.1, 0.15) is 36.5 Å². The number of carbonyl (C=O) groups is 2. The largest absolute Gasteiger partial charge is 0.382 e. The van der Waals surface area contributed by atoms with Crippen molar-refractivity contribution in [3.8, 4) is 0 Å². The predicted molar refractivity (Wildman–Crippen MR) is 115 cm³/mol. The zero-order valence-corrected chi connectivity index (χ0v) is 17.3. The van der Waals surface area contributed by atoms with Crippen molar-refractivity contribution in [1.82, 2.24) is 15.3 Å². The maximum absolute atomic E-state index is 12.8. The van der Waals surface area contributed by atoms with E-state index < -0.39 is 0 Å². The van der Waals surface area contributed by atoms with Crippen molar-refractivity contribution in [2.75, 3.05) is 43.1 Å². The first-order chi connectivity index (χ1) is 14.7. The SMILES string of the molecule is CCOCCCNC(=O)c1cccc(NC(=O)C2CCCN(c3ncccn3)C2)c1. The molecule has 0 radical (unpaired) electrons. The Bertz CT molecular complexity index is 831. The van der Waals surface area contributed by atoms with Crippen LogP contribution >= 0.6 is 0 Å². The summed E-state index contributed by atoms with van der Waals surface area (Å²) in [6, 6.07) is 8.79. The second kappa shape index (κ2) is 11.3. The highest BCUT2D eigenvalue weighted by atomic mass is 16.5. The molecule has 0 saturated carbocycles. The molecule has 1 aromatic carbocycles. The van der Waals surface area contributed by atoms with Crippen molar-refractivity contribution in [2.45, 2.75) is 26.2 Å². The van der Waals surface area contributed by atoms with Crippen LogP contribution in [0.4, 0.5) is 11.6 Å². The summed E-state index contributed by atoms with van der Waals surface area (Å²) in [5.74, 6) is 0.286. The maximum atomic E-state index is 12.8. The number of benzene rings is 1. The summed E-state index contributed by atoms with van der Waals surface area (Å²) in [6.07, 6.45) is 5.90. The molecule has 8 heteroatoms. The van der Waals surface area contributed by atoms with Gasteiger partial charge in [-0.25, -0.2) is 9.97 Å². The van der Waals surface area contributed by atoms with Gasteiger partial charge in [0, 0.05) is 56.5 Å². The van der Waals surface area contributed by atoms with Gasteiger partial charge in [-0.05, 0) is 50.5 Å². The van der Waals surface area contributed by atoms with E-state index in [4.69, 9.17) is 4.74 Å². The average molecular weight is 412 g/mol. The molecule has 1 atom stereocenters. The van der Waals surface area contributed by atoms with Gasteiger partial charge in [-0.1, -0.05) is 6.07 Å². The van der Waals surface area contributed by atoms with Crippen molar-refractivity contribution in [1.29, 1.82) is 0 Å². The minimum atomic E-state index is -0.160. The third-order valence-corrected chi connectivity index (χ3v) is 4.97. The van der Waals surface area contributed by atoms with Crippen LogP contribution in [-0.4, -0.2) is 54.6 Å². The van der Waals surface area contributed by atoms with E-state index in [9.17, 15) is 9.59 Å². The van der Waals surface area contributed by atoms with E-state index in [1.165, 1.54) is 0 Å². The van der Waals surface area contributed by atoms with Gasteiger partial charge >= 0.3 is 0 Å². The van der Waals surface area contributed by atoms with Gasteiger partial charge in [0.2, 0.25) is 11.9 Å². The molecule has 1 aliphatic heterocycles. The van der Waals surface area contributed by atoms with E-state index in [2.05, 4.69) is 20.6 Å². The molecule has 3 rings (SSSR count). The van der Waals surface area contributed by atoms with Crippen LogP contribution in [0.15, 0.2) is 42.7 Å².